The topological polar surface area (TPSA) is 119 Å². The summed E-state index contributed by atoms with van der Waals surface area (Å²) in [6.07, 6.45) is 13.0. The molecular weight excluding hydrogens is 584 g/mol. The summed E-state index contributed by atoms with van der Waals surface area (Å²) < 4.78 is 1.93. The monoisotopic (exact) mass is 644 g/mol. The van der Waals surface area contributed by atoms with Crippen LogP contribution in [0.3, 0.4) is 0 Å². The first kappa shape index (κ1) is 40.9. The molecule has 0 spiro atoms. The quantitative estimate of drug-likeness (QED) is 0.130. The number of imidazole rings is 1. The number of carbonyl (C=O) groups excluding carboxylic acids is 2. The summed E-state index contributed by atoms with van der Waals surface area (Å²) in [5.74, 6) is 0.422. The Morgan fingerprint density at radius 1 is 1.06 bits per heavy atom. The van der Waals surface area contributed by atoms with Crippen molar-refractivity contribution in [3.63, 3.8) is 0 Å². The van der Waals surface area contributed by atoms with E-state index < -0.39 is 5.54 Å². The molecule has 4 rings (SSSR count). The number of amides is 2. The van der Waals surface area contributed by atoms with E-state index in [-0.39, 0.29) is 18.2 Å². The van der Waals surface area contributed by atoms with E-state index >= 15 is 0 Å². The van der Waals surface area contributed by atoms with Gasteiger partial charge in [0.1, 0.15) is 6.54 Å². The molecule has 5 N–H and O–H groups in total. The molecule has 3 aromatic rings. The molecule has 1 aromatic heterocycles. The number of hydrogen-bond donors (Lipinski definition) is 3. The Morgan fingerprint density at radius 3 is 2.21 bits per heavy atom. The van der Waals surface area contributed by atoms with E-state index in [1.165, 1.54) is 16.7 Å². The average molecular weight is 645 g/mol. The fourth-order valence-electron chi connectivity index (χ4n) is 5.22. The van der Waals surface area contributed by atoms with Gasteiger partial charge >= 0.3 is 0 Å². The number of hydrogen-bond acceptors (Lipinski definition) is 5. The standard InChI is InChI=1S/C25H36N4O.C11H15N.C2H6.CH3NO/c1-20(2)25(3,26)16-22(13-9-12-21-10-5-4-6-11-21)23-17-28(19-27-23)18-24(30)29-14-7-8-15-29;1-3-10-5-7-11(8-6-10)9-12-4-2;1-2;2-1-3/h4-6,10-11,17,19,22H,1,7-9,12-16,18,26H2,2-3H3;4-8,12H,2-3,9H2,1H3;1-2H3;1H,(H2,2,3). The predicted octanol–water partition coefficient (Wildman–Crippen LogP) is 6.91. The van der Waals surface area contributed by atoms with Gasteiger partial charge in [0, 0.05) is 37.3 Å². The largest absolute Gasteiger partial charge is 0.387 e. The molecule has 2 heterocycles. The number of nitrogens with two attached hydrogens (primary N) is 2. The Kier molecular flexibility index (Phi) is 20.2. The van der Waals surface area contributed by atoms with Gasteiger partial charge in [-0.1, -0.05) is 94.1 Å². The lowest BCUT2D eigenvalue weighted by molar-refractivity contribution is -0.130. The van der Waals surface area contributed by atoms with Gasteiger partial charge in [0.25, 0.3) is 0 Å². The van der Waals surface area contributed by atoms with Crippen molar-refractivity contribution in [2.24, 2.45) is 11.5 Å². The molecule has 0 saturated carbocycles. The molecule has 2 atom stereocenters. The molecule has 0 aliphatic carbocycles. The van der Waals surface area contributed by atoms with Crippen molar-refractivity contribution in [2.45, 2.75) is 104 Å². The SMILES string of the molecule is C=C(C)C(C)(N)CC(CCCc1ccccc1)c1cn(CC(=O)N2CCCC2)cn1.C=CNCc1ccc(CC)cc1.CC.NC=O. The second kappa shape index (κ2) is 23.2. The van der Waals surface area contributed by atoms with Crippen LogP contribution in [0.5, 0.6) is 0 Å². The summed E-state index contributed by atoms with van der Waals surface area (Å²) in [6.45, 7) is 20.9. The van der Waals surface area contributed by atoms with E-state index in [0.717, 1.165) is 75.8 Å². The summed E-state index contributed by atoms with van der Waals surface area (Å²) in [7, 11) is 0. The van der Waals surface area contributed by atoms with Crippen molar-refractivity contribution in [3.05, 3.63) is 114 Å². The van der Waals surface area contributed by atoms with Crippen LogP contribution >= 0.6 is 0 Å². The predicted molar refractivity (Wildman–Crippen MR) is 197 cm³/mol. The summed E-state index contributed by atoms with van der Waals surface area (Å²) in [6, 6.07) is 19.2. The van der Waals surface area contributed by atoms with Gasteiger partial charge in [-0.25, -0.2) is 4.98 Å². The van der Waals surface area contributed by atoms with Crippen molar-refractivity contribution in [1.82, 2.24) is 19.8 Å². The Labute approximate surface area is 284 Å². The Bertz CT molecular complexity index is 1290. The molecule has 2 unspecified atom stereocenters. The van der Waals surface area contributed by atoms with Crippen molar-refractivity contribution in [1.29, 1.82) is 0 Å². The molecule has 1 fully saturated rings. The van der Waals surface area contributed by atoms with Gasteiger partial charge < -0.3 is 26.3 Å². The third-order valence-corrected chi connectivity index (χ3v) is 8.24. The van der Waals surface area contributed by atoms with E-state index in [4.69, 9.17) is 10.5 Å². The third-order valence-electron chi connectivity index (χ3n) is 8.24. The molecular formula is C39H60N6O2. The third kappa shape index (κ3) is 15.8. The minimum atomic E-state index is -0.438. The number of primary amides is 1. The summed E-state index contributed by atoms with van der Waals surface area (Å²) in [4.78, 5) is 27.7. The van der Waals surface area contributed by atoms with Crippen molar-refractivity contribution in [2.75, 3.05) is 13.1 Å². The smallest absolute Gasteiger partial charge is 0.242 e. The van der Waals surface area contributed by atoms with Gasteiger partial charge in [-0.15, -0.1) is 0 Å². The van der Waals surface area contributed by atoms with Crippen LogP contribution in [-0.2, 0) is 35.5 Å². The zero-order chi connectivity index (χ0) is 35.1. The number of rotatable bonds is 14. The van der Waals surface area contributed by atoms with Gasteiger partial charge in [0.15, 0.2) is 0 Å². The first-order valence-electron chi connectivity index (χ1n) is 17.0. The molecule has 47 heavy (non-hydrogen) atoms. The molecule has 1 saturated heterocycles. The average Bonchev–Trinajstić information content (AvgIpc) is 3.79. The molecule has 2 amide bonds. The second-order valence-corrected chi connectivity index (χ2v) is 11.9. The van der Waals surface area contributed by atoms with Gasteiger partial charge in [0.2, 0.25) is 12.3 Å². The summed E-state index contributed by atoms with van der Waals surface area (Å²) >= 11 is 0. The highest BCUT2D eigenvalue weighted by Crippen LogP contribution is 2.32. The highest BCUT2D eigenvalue weighted by Gasteiger charge is 2.27. The number of carbonyl (C=O) groups is 2. The zero-order valence-corrected chi connectivity index (χ0v) is 29.6. The first-order chi connectivity index (χ1) is 22.6. The van der Waals surface area contributed by atoms with E-state index in [9.17, 15) is 4.79 Å². The Morgan fingerprint density at radius 2 is 1.66 bits per heavy atom. The van der Waals surface area contributed by atoms with Crippen LogP contribution in [0.4, 0.5) is 0 Å². The number of likely N-dealkylation sites (tertiary alicyclic amines) is 1. The lowest BCUT2D eigenvalue weighted by atomic mass is 9.81. The van der Waals surface area contributed by atoms with E-state index in [0.29, 0.717) is 6.54 Å². The minimum absolute atomic E-state index is 0.183. The molecule has 8 nitrogen and oxygen atoms in total. The summed E-state index contributed by atoms with van der Waals surface area (Å²) in [5.41, 5.74) is 16.3. The van der Waals surface area contributed by atoms with Crippen LogP contribution in [0, 0.1) is 0 Å². The van der Waals surface area contributed by atoms with Crippen LogP contribution in [0.2, 0.25) is 0 Å². The number of nitrogens with one attached hydrogen (secondary N) is 1. The number of aryl methyl sites for hydroxylation is 2. The summed E-state index contributed by atoms with van der Waals surface area (Å²) in [5, 5.41) is 3.07. The highest BCUT2D eigenvalue weighted by molar-refractivity contribution is 5.76. The van der Waals surface area contributed by atoms with Crippen molar-refractivity contribution >= 4 is 12.3 Å². The van der Waals surface area contributed by atoms with Crippen LogP contribution in [0.1, 0.15) is 95.0 Å². The maximum atomic E-state index is 12.5. The molecule has 8 heteroatoms. The molecule has 1 aliphatic heterocycles. The number of aromatic nitrogens is 2. The zero-order valence-electron chi connectivity index (χ0n) is 29.6. The molecule has 0 bridgehead atoms. The molecule has 1 aliphatic rings. The molecule has 258 valence electrons. The van der Waals surface area contributed by atoms with Crippen molar-refractivity contribution in [3.8, 4) is 0 Å². The van der Waals surface area contributed by atoms with Gasteiger partial charge in [-0.3, -0.25) is 9.59 Å². The highest BCUT2D eigenvalue weighted by atomic mass is 16.2. The fourth-order valence-corrected chi connectivity index (χ4v) is 5.22. The van der Waals surface area contributed by atoms with Crippen LogP contribution in [0.25, 0.3) is 0 Å². The first-order valence-corrected chi connectivity index (χ1v) is 17.0. The molecule has 0 radical (unpaired) electrons. The second-order valence-electron chi connectivity index (χ2n) is 11.9. The fraction of sp³-hybridized carbons (Fsp3) is 0.462. The van der Waals surface area contributed by atoms with Gasteiger partial charge in [-0.2, -0.15) is 0 Å². The van der Waals surface area contributed by atoms with Crippen LogP contribution < -0.4 is 16.8 Å². The number of nitrogens with zero attached hydrogens (tertiary/aromatic N) is 3. The molecule has 2 aromatic carbocycles. The normalized spacial score (nSPS) is 13.6. The van der Waals surface area contributed by atoms with Gasteiger partial charge in [-0.05, 0) is 81.7 Å². The van der Waals surface area contributed by atoms with Crippen LogP contribution in [0.15, 0.2) is 92.1 Å². The Hall–Kier alpha value is -4.17. The minimum Gasteiger partial charge on any atom is -0.387 e. The van der Waals surface area contributed by atoms with Crippen LogP contribution in [-0.4, -0.2) is 45.4 Å². The van der Waals surface area contributed by atoms with E-state index in [2.05, 4.69) is 90.7 Å². The van der Waals surface area contributed by atoms with E-state index in [1.54, 1.807) is 12.5 Å². The Balaban J connectivity index is 0.000000539. The van der Waals surface area contributed by atoms with Crippen molar-refractivity contribution < 1.29 is 9.59 Å². The number of benzene rings is 2. The lowest BCUT2D eigenvalue weighted by Gasteiger charge is -2.29. The van der Waals surface area contributed by atoms with E-state index in [1.807, 2.05) is 43.4 Å². The maximum absolute atomic E-state index is 12.5. The van der Waals surface area contributed by atoms with Gasteiger partial charge in [0.05, 0.1) is 12.0 Å². The lowest BCUT2D eigenvalue weighted by Crippen LogP contribution is -2.38. The maximum Gasteiger partial charge on any atom is 0.242 e.